The summed E-state index contributed by atoms with van der Waals surface area (Å²) < 4.78 is 18.8. The van der Waals surface area contributed by atoms with Crippen molar-refractivity contribution in [3.05, 3.63) is 100 Å². The Kier molecular flexibility index (Phi) is 10.8. The van der Waals surface area contributed by atoms with Gasteiger partial charge < -0.3 is 24.8 Å². The third-order valence-corrected chi connectivity index (χ3v) is 10.7. The molecule has 2 saturated heterocycles. The van der Waals surface area contributed by atoms with Crippen molar-refractivity contribution >= 4 is 34.9 Å². The number of amides is 1. The average Bonchev–Trinajstić information content (AvgIpc) is 3.90. The van der Waals surface area contributed by atoms with Gasteiger partial charge in [-0.1, -0.05) is 54.1 Å². The van der Waals surface area contributed by atoms with Crippen LogP contribution in [0.2, 0.25) is 5.02 Å². The first-order valence-corrected chi connectivity index (χ1v) is 18.1. The van der Waals surface area contributed by atoms with Gasteiger partial charge in [-0.05, 0) is 77.4 Å². The molecule has 7 rings (SSSR count). The minimum absolute atomic E-state index is 0.0783. The number of halogens is 1. The number of rotatable bonds is 14. The summed E-state index contributed by atoms with van der Waals surface area (Å²) in [5, 5.41) is 13.0. The molecule has 270 valence electrons. The van der Waals surface area contributed by atoms with E-state index >= 15 is 0 Å². The first-order valence-electron chi connectivity index (χ1n) is 17.7. The number of carbonyl (C=O) groups excluding carboxylic acids is 2. The molecule has 2 fully saturated rings. The van der Waals surface area contributed by atoms with Crippen molar-refractivity contribution in [2.45, 2.75) is 58.0 Å². The van der Waals surface area contributed by atoms with Crippen LogP contribution < -0.4 is 20.1 Å². The standard InChI is InChI=1S/C41H44ClN5O5/c1-26-33(27-10-11-28(39(17-27)50-2)19-43-20-31-12-13-41(49)45-31)6-4-7-34(26)35-8-5-9-38-36(35)21-44-47(38)23-29-18-40(51-3)30(16-37(29)42)22-46-15-14-32(24-46)52-25-48/h4-11,16-18,21,25,31-32,43H,12-15,19-20,22-24H2,1-3H3,(H,45,49)/t31-,32+/m0/s1. The molecule has 4 aromatic carbocycles. The molecule has 2 N–H and O–H groups in total. The Bertz CT molecular complexity index is 2100. The van der Waals surface area contributed by atoms with Crippen LogP contribution in [0, 0.1) is 6.92 Å². The molecule has 0 spiro atoms. The quantitative estimate of drug-likeness (QED) is 0.125. The molecular weight excluding hydrogens is 678 g/mol. The van der Waals surface area contributed by atoms with Gasteiger partial charge in [-0.25, -0.2) is 0 Å². The molecular formula is C41H44ClN5O5. The molecule has 11 heteroatoms. The van der Waals surface area contributed by atoms with E-state index in [0.29, 0.717) is 44.1 Å². The summed E-state index contributed by atoms with van der Waals surface area (Å²) in [7, 11) is 3.38. The maximum absolute atomic E-state index is 11.6. The highest BCUT2D eigenvalue weighted by Gasteiger charge is 2.25. The Morgan fingerprint density at radius 3 is 2.52 bits per heavy atom. The fraction of sp³-hybridized carbons (Fsp3) is 0.341. The third kappa shape index (κ3) is 7.51. The lowest BCUT2D eigenvalue weighted by molar-refractivity contribution is -0.133. The molecule has 52 heavy (non-hydrogen) atoms. The summed E-state index contributed by atoms with van der Waals surface area (Å²) in [5.41, 5.74) is 9.61. The number of carbonyl (C=O) groups is 2. The van der Waals surface area contributed by atoms with Crippen LogP contribution in [-0.2, 0) is 34.0 Å². The van der Waals surface area contributed by atoms with Crippen molar-refractivity contribution in [1.82, 2.24) is 25.3 Å². The van der Waals surface area contributed by atoms with E-state index in [1.54, 1.807) is 14.2 Å². The van der Waals surface area contributed by atoms with E-state index in [0.717, 1.165) is 92.8 Å². The van der Waals surface area contributed by atoms with Crippen molar-refractivity contribution < 1.29 is 23.8 Å². The molecule has 0 unspecified atom stereocenters. The SMILES string of the molecule is COc1cc(-c2cccc(-c3cccc4c3cnn4Cc3cc(OC)c(CN4CC[C@@H](OC=O)C4)cc3Cl)c2C)ccc1CNC[C@@H]1CCC(=O)N1. The van der Waals surface area contributed by atoms with Crippen molar-refractivity contribution in [3.8, 4) is 33.8 Å². The summed E-state index contributed by atoms with van der Waals surface area (Å²) in [4.78, 5) is 24.6. The topological polar surface area (TPSA) is 107 Å². The Morgan fingerprint density at radius 1 is 0.942 bits per heavy atom. The Balaban J connectivity index is 1.11. The number of hydrogen-bond donors (Lipinski definition) is 2. The number of likely N-dealkylation sites (tertiary alicyclic amines) is 1. The fourth-order valence-electron chi connectivity index (χ4n) is 7.58. The van der Waals surface area contributed by atoms with Gasteiger partial charge >= 0.3 is 0 Å². The number of nitrogens with one attached hydrogen (secondary N) is 2. The highest BCUT2D eigenvalue weighted by molar-refractivity contribution is 6.31. The highest BCUT2D eigenvalue weighted by atomic mass is 35.5. The zero-order valence-electron chi connectivity index (χ0n) is 29.8. The monoisotopic (exact) mass is 721 g/mol. The molecule has 1 aromatic heterocycles. The summed E-state index contributed by atoms with van der Waals surface area (Å²) in [6.07, 6.45) is 4.14. The van der Waals surface area contributed by atoms with Crippen LogP contribution in [0.15, 0.2) is 72.9 Å². The minimum Gasteiger partial charge on any atom is -0.496 e. The summed E-state index contributed by atoms with van der Waals surface area (Å²) in [6.45, 7) is 6.75. The van der Waals surface area contributed by atoms with Gasteiger partial charge in [-0.3, -0.25) is 19.2 Å². The Labute approximate surface area is 309 Å². The van der Waals surface area contributed by atoms with Crippen molar-refractivity contribution in [2.75, 3.05) is 33.9 Å². The molecule has 0 aliphatic carbocycles. The van der Waals surface area contributed by atoms with Crippen molar-refractivity contribution in [1.29, 1.82) is 0 Å². The smallest absolute Gasteiger partial charge is 0.293 e. The van der Waals surface area contributed by atoms with Gasteiger partial charge in [0.25, 0.3) is 6.47 Å². The van der Waals surface area contributed by atoms with Crippen LogP contribution in [0.1, 0.15) is 41.5 Å². The summed E-state index contributed by atoms with van der Waals surface area (Å²) >= 11 is 6.89. The second-order valence-corrected chi connectivity index (χ2v) is 14.0. The van der Waals surface area contributed by atoms with Gasteiger partial charge in [0.15, 0.2) is 0 Å². The van der Waals surface area contributed by atoms with Gasteiger partial charge in [0, 0.05) is 66.7 Å². The lowest BCUT2D eigenvalue weighted by atomic mass is 9.91. The minimum atomic E-state index is -0.0783. The highest BCUT2D eigenvalue weighted by Crippen LogP contribution is 2.38. The maximum Gasteiger partial charge on any atom is 0.293 e. The van der Waals surface area contributed by atoms with Gasteiger partial charge in [0.05, 0.1) is 32.5 Å². The number of nitrogens with zero attached hydrogens (tertiary/aromatic N) is 3. The van der Waals surface area contributed by atoms with E-state index in [4.69, 9.17) is 30.9 Å². The van der Waals surface area contributed by atoms with Crippen molar-refractivity contribution in [2.24, 2.45) is 0 Å². The molecule has 0 bridgehead atoms. The van der Waals surface area contributed by atoms with Gasteiger partial charge in [-0.2, -0.15) is 5.10 Å². The first kappa shape index (κ1) is 35.5. The average molecular weight is 722 g/mol. The second-order valence-electron chi connectivity index (χ2n) is 13.6. The molecule has 0 radical (unpaired) electrons. The van der Waals surface area contributed by atoms with Crippen LogP contribution >= 0.6 is 11.6 Å². The molecule has 10 nitrogen and oxygen atoms in total. The first-order chi connectivity index (χ1) is 25.3. The van der Waals surface area contributed by atoms with E-state index in [-0.39, 0.29) is 18.1 Å². The van der Waals surface area contributed by atoms with E-state index in [1.807, 2.05) is 23.0 Å². The molecule has 0 saturated carbocycles. The van der Waals surface area contributed by atoms with Gasteiger partial charge in [0.1, 0.15) is 17.6 Å². The molecule has 1 amide bonds. The lowest BCUT2D eigenvalue weighted by Gasteiger charge is -2.19. The van der Waals surface area contributed by atoms with Gasteiger partial charge in [-0.15, -0.1) is 0 Å². The molecule has 2 aliphatic rings. The summed E-state index contributed by atoms with van der Waals surface area (Å²) in [5.74, 6) is 1.72. The third-order valence-electron chi connectivity index (χ3n) is 10.3. The number of aromatic nitrogens is 2. The predicted molar refractivity (Wildman–Crippen MR) is 203 cm³/mol. The molecule has 2 atom stereocenters. The largest absolute Gasteiger partial charge is 0.496 e. The van der Waals surface area contributed by atoms with Crippen LogP contribution in [0.4, 0.5) is 0 Å². The Morgan fingerprint density at radius 2 is 1.73 bits per heavy atom. The fourth-order valence-corrected chi connectivity index (χ4v) is 7.82. The molecule has 2 aliphatic heterocycles. The van der Waals surface area contributed by atoms with E-state index in [1.165, 1.54) is 0 Å². The number of benzene rings is 4. The number of hydrogen-bond acceptors (Lipinski definition) is 8. The van der Waals surface area contributed by atoms with Crippen LogP contribution in [0.25, 0.3) is 33.2 Å². The van der Waals surface area contributed by atoms with E-state index in [9.17, 15) is 9.59 Å². The van der Waals surface area contributed by atoms with Gasteiger partial charge in [0.2, 0.25) is 5.91 Å². The zero-order valence-corrected chi connectivity index (χ0v) is 30.5. The number of fused-ring (bicyclic) bond motifs is 1. The van der Waals surface area contributed by atoms with Crippen LogP contribution in [0.5, 0.6) is 11.5 Å². The predicted octanol–water partition coefficient (Wildman–Crippen LogP) is 6.51. The Hall–Kier alpha value is -4.90. The number of ether oxygens (including phenoxy) is 3. The van der Waals surface area contributed by atoms with E-state index < -0.39 is 0 Å². The summed E-state index contributed by atoms with van der Waals surface area (Å²) in [6, 6.07) is 23.3. The zero-order chi connectivity index (χ0) is 36.2. The van der Waals surface area contributed by atoms with Crippen LogP contribution in [-0.4, -0.2) is 73.1 Å². The molecule has 5 aromatic rings. The molecule has 3 heterocycles. The van der Waals surface area contributed by atoms with Crippen molar-refractivity contribution in [3.63, 3.8) is 0 Å². The second kappa shape index (κ2) is 15.8. The number of methoxy groups -OCH3 is 2. The van der Waals surface area contributed by atoms with Crippen LogP contribution in [0.3, 0.4) is 0 Å². The normalized spacial score (nSPS) is 17.4. The maximum atomic E-state index is 11.6. The lowest BCUT2D eigenvalue weighted by Crippen LogP contribution is -2.35. The van der Waals surface area contributed by atoms with E-state index in [2.05, 4.69) is 77.1 Å².